The maximum atomic E-state index is 10.3. The van der Waals surface area contributed by atoms with Crippen LogP contribution >= 0.6 is 0 Å². The number of aromatic hydroxyl groups is 1. The number of aromatic nitrogens is 5. The van der Waals surface area contributed by atoms with Gasteiger partial charge in [0.25, 0.3) is 0 Å². The number of aromatic amines is 1. The lowest BCUT2D eigenvalue weighted by molar-refractivity contribution is -0.0432. The molecule has 1 aliphatic carbocycles. The van der Waals surface area contributed by atoms with Crippen molar-refractivity contribution in [2.24, 2.45) is 5.41 Å². The van der Waals surface area contributed by atoms with Crippen LogP contribution in [0, 0.1) is 5.41 Å². The fraction of sp³-hybridized carbons (Fsp3) is 0.419. The number of fused-ring (bicyclic) bond motifs is 3. The molecule has 3 N–H and O–H groups in total. The quantitative estimate of drug-likeness (QED) is 0.360. The van der Waals surface area contributed by atoms with E-state index in [0.29, 0.717) is 28.5 Å². The summed E-state index contributed by atoms with van der Waals surface area (Å²) >= 11 is 0. The number of H-pyrrole nitrogens is 1. The van der Waals surface area contributed by atoms with Crippen molar-refractivity contribution in [2.45, 2.75) is 44.1 Å². The summed E-state index contributed by atoms with van der Waals surface area (Å²) in [7, 11) is 0. The Morgan fingerprint density at radius 2 is 1.77 bits per heavy atom. The number of para-hydroxylation sites is 1. The van der Waals surface area contributed by atoms with E-state index in [9.17, 15) is 5.11 Å². The summed E-state index contributed by atoms with van der Waals surface area (Å²) < 4.78 is 0. The molecule has 0 amide bonds. The minimum Gasteiger partial charge on any atom is -0.507 e. The minimum atomic E-state index is 0.183. The molecule has 2 saturated heterocycles. The van der Waals surface area contributed by atoms with Gasteiger partial charge < -0.3 is 25.2 Å². The topological polar surface area (TPSA) is 106 Å². The van der Waals surface area contributed by atoms with E-state index in [1.54, 1.807) is 12.1 Å². The van der Waals surface area contributed by atoms with Crippen molar-refractivity contribution in [1.29, 1.82) is 0 Å². The third kappa shape index (κ3) is 3.83. The summed E-state index contributed by atoms with van der Waals surface area (Å²) in [6.07, 6.45) is 9.98. The van der Waals surface area contributed by atoms with Crippen molar-refractivity contribution in [3.8, 4) is 17.0 Å². The van der Waals surface area contributed by atoms with Crippen molar-refractivity contribution in [1.82, 2.24) is 35.4 Å². The number of piperidine rings is 1. The van der Waals surface area contributed by atoms with Crippen LogP contribution in [0.3, 0.4) is 0 Å². The molecule has 9 heteroatoms. The molecular formula is C31H34N8O. The van der Waals surface area contributed by atoms with Gasteiger partial charge in [0.1, 0.15) is 5.75 Å². The Bertz CT molecular complexity index is 1590. The molecule has 0 bridgehead atoms. The van der Waals surface area contributed by atoms with Crippen LogP contribution in [0.15, 0.2) is 49.3 Å². The second-order valence-electron chi connectivity index (χ2n) is 12.1. The van der Waals surface area contributed by atoms with E-state index in [2.05, 4.69) is 36.9 Å². The van der Waals surface area contributed by atoms with Crippen molar-refractivity contribution >= 4 is 22.7 Å². The first kappa shape index (κ1) is 24.0. The number of rotatable bonds is 4. The molecule has 0 atom stereocenters. The Kier molecular flexibility index (Phi) is 5.47. The van der Waals surface area contributed by atoms with Crippen LogP contribution in [-0.4, -0.2) is 73.9 Å². The number of nitrogens with one attached hydrogen (secondary N) is 2. The molecule has 3 aromatic heterocycles. The normalized spacial score (nSPS) is 21.4. The van der Waals surface area contributed by atoms with Crippen molar-refractivity contribution in [2.75, 3.05) is 37.6 Å². The molecule has 0 unspecified atom stereocenters. The fourth-order valence-electron chi connectivity index (χ4n) is 7.34. The number of likely N-dealkylation sites (tertiary alicyclic amines) is 1. The highest BCUT2D eigenvalue weighted by molar-refractivity contribution is 5.97. The number of nitrogens with zero attached hydrogens (tertiary/aromatic N) is 6. The summed E-state index contributed by atoms with van der Waals surface area (Å²) in [5.41, 5.74) is 6.84. The van der Waals surface area contributed by atoms with Gasteiger partial charge in [0.05, 0.1) is 5.69 Å². The molecule has 3 fully saturated rings. The van der Waals surface area contributed by atoms with Gasteiger partial charge in [0.15, 0.2) is 5.65 Å². The van der Waals surface area contributed by atoms with Gasteiger partial charge >= 0.3 is 0 Å². The van der Waals surface area contributed by atoms with E-state index in [1.807, 2.05) is 30.6 Å². The number of benzene rings is 1. The Morgan fingerprint density at radius 3 is 2.50 bits per heavy atom. The zero-order valence-corrected chi connectivity index (χ0v) is 22.6. The number of phenolic OH excluding ortho intramolecular Hbond substituents is 1. The lowest BCUT2D eigenvalue weighted by Gasteiger charge is -2.58. The zero-order chi connectivity index (χ0) is 26.8. The number of anilines is 1. The van der Waals surface area contributed by atoms with E-state index in [-0.39, 0.29) is 5.75 Å². The average molecular weight is 535 g/mol. The maximum Gasteiger partial charge on any atom is 0.229 e. The summed E-state index contributed by atoms with van der Waals surface area (Å²) in [4.78, 5) is 17.9. The van der Waals surface area contributed by atoms with Crippen LogP contribution in [0.4, 0.5) is 5.95 Å². The third-order valence-electron chi connectivity index (χ3n) is 9.77. The minimum absolute atomic E-state index is 0.183. The monoisotopic (exact) mass is 534 g/mol. The maximum absolute atomic E-state index is 10.3. The number of phenols is 1. The van der Waals surface area contributed by atoms with Crippen LogP contribution in [0.1, 0.15) is 48.4 Å². The average Bonchev–Trinajstić information content (AvgIpc) is 3.31. The van der Waals surface area contributed by atoms with Crippen LogP contribution in [0.2, 0.25) is 0 Å². The Hall–Kier alpha value is -3.82. The highest BCUT2D eigenvalue weighted by atomic mass is 16.3. The number of hydrogen-bond donors (Lipinski definition) is 3. The van der Waals surface area contributed by atoms with Gasteiger partial charge in [0, 0.05) is 72.4 Å². The molecule has 3 aliphatic heterocycles. The molecule has 4 aromatic rings. The van der Waals surface area contributed by atoms with Gasteiger partial charge in [0.2, 0.25) is 5.95 Å². The second-order valence-corrected chi connectivity index (χ2v) is 12.1. The predicted octanol–water partition coefficient (Wildman–Crippen LogP) is 4.09. The molecule has 8 rings (SSSR count). The Labute approximate surface area is 233 Å². The van der Waals surface area contributed by atoms with Gasteiger partial charge in [-0.2, -0.15) is 0 Å². The fourth-order valence-corrected chi connectivity index (χ4v) is 7.34. The summed E-state index contributed by atoms with van der Waals surface area (Å²) in [5, 5.41) is 23.5. The molecule has 40 heavy (non-hydrogen) atoms. The Morgan fingerprint density at radius 1 is 1.00 bits per heavy atom. The van der Waals surface area contributed by atoms with Gasteiger partial charge in [-0.25, -0.2) is 9.97 Å². The largest absolute Gasteiger partial charge is 0.507 e. The van der Waals surface area contributed by atoms with Crippen LogP contribution in [-0.2, 0) is 6.42 Å². The van der Waals surface area contributed by atoms with Gasteiger partial charge in [-0.3, -0.25) is 0 Å². The summed E-state index contributed by atoms with van der Waals surface area (Å²) in [6.45, 7) is 10.00. The van der Waals surface area contributed by atoms with Crippen LogP contribution in [0.5, 0.6) is 5.75 Å². The van der Waals surface area contributed by atoms with Crippen molar-refractivity contribution in [3.05, 3.63) is 66.1 Å². The third-order valence-corrected chi connectivity index (χ3v) is 9.77. The van der Waals surface area contributed by atoms with E-state index in [0.717, 1.165) is 47.0 Å². The summed E-state index contributed by atoms with van der Waals surface area (Å²) in [6, 6.07) is 9.96. The molecule has 0 radical (unpaired) electrons. The molecule has 204 valence electrons. The first-order valence-corrected chi connectivity index (χ1v) is 14.5. The van der Waals surface area contributed by atoms with E-state index >= 15 is 0 Å². The van der Waals surface area contributed by atoms with E-state index < -0.39 is 0 Å². The highest BCUT2D eigenvalue weighted by Crippen LogP contribution is 2.47. The highest BCUT2D eigenvalue weighted by Gasteiger charge is 2.50. The molecule has 1 aromatic carbocycles. The molecular weight excluding hydrogens is 500 g/mol. The predicted molar refractivity (Wildman–Crippen MR) is 155 cm³/mol. The van der Waals surface area contributed by atoms with E-state index in [1.165, 1.54) is 57.4 Å². The molecule has 6 heterocycles. The first-order chi connectivity index (χ1) is 19.6. The number of hydrogen-bond acceptors (Lipinski definition) is 8. The van der Waals surface area contributed by atoms with E-state index in [4.69, 9.17) is 9.97 Å². The van der Waals surface area contributed by atoms with Crippen molar-refractivity contribution in [3.63, 3.8) is 0 Å². The van der Waals surface area contributed by atoms with Gasteiger partial charge in [-0.15, -0.1) is 10.2 Å². The van der Waals surface area contributed by atoms with Crippen molar-refractivity contribution < 1.29 is 5.11 Å². The van der Waals surface area contributed by atoms with Crippen LogP contribution in [0.25, 0.3) is 28.0 Å². The summed E-state index contributed by atoms with van der Waals surface area (Å²) in [5.74, 6) is 1.40. The smallest absolute Gasteiger partial charge is 0.229 e. The van der Waals surface area contributed by atoms with Gasteiger partial charge in [-0.05, 0) is 73.9 Å². The second kappa shape index (κ2) is 9.11. The first-order valence-electron chi connectivity index (χ1n) is 14.5. The lowest BCUT2D eigenvalue weighted by Crippen LogP contribution is -2.65. The van der Waals surface area contributed by atoms with Gasteiger partial charge in [-0.1, -0.05) is 18.7 Å². The lowest BCUT2D eigenvalue weighted by atomic mass is 9.61. The molecule has 9 nitrogen and oxygen atoms in total. The SMILES string of the molecule is C=C1c2c([nH]c3nnc(-c4ccccc4O)cc23)CCN1c1ncc(C2CCN(C3CC4(CNC4)C3)CC2)cn1. The molecule has 4 aliphatic rings. The van der Waals surface area contributed by atoms with Crippen LogP contribution < -0.4 is 10.2 Å². The zero-order valence-electron chi connectivity index (χ0n) is 22.6. The standard InChI is InChI=1S/C31H34N8O/c1-19-28-24-12-26(23-4-2-3-5-27(23)40)36-37-29(24)35-25(28)8-11-39(19)30-33-15-21(16-34-30)20-6-9-38(10-7-20)22-13-31(14-22)17-32-18-31/h2-5,12,15-16,20,22,32,40H,1,6-11,13-14,17-18H2,(H,35,37). The molecule has 1 spiro atoms. The molecule has 1 saturated carbocycles. The Balaban J connectivity index is 0.983.